The molecule has 0 spiro atoms. The Balaban J connectivity index is 0.00000512. The van der Waals surface area contributed by atoms with E-state index in [9.17, 15) is 4.79 Å². The van der Waals surface area contributed by atoms with Crippen LogP contribution in [0.25, 0.3) is 0 Å². The van der Waals surface area contributed by atoms with Crippen LogP contribution in [0.3, 0.4) is 0 Å². The van der Waals surface area contributed by atoms with Gasteiger partial charge in [-0.15, -0.1) is 24.0 Å². The van der Waals surface area contributed by atoms with Crippen molar-refractivity contribution in [2.45, 2.75) is 39.4 Å². The van der Waals surface area contributed by atoms with E-state index >= 15 is 0 Å². The molecule has 0 radical (unpaired) electrons. The van der Waals surface area contributed by atoms with Gasteiger partial charge in [-0.2, -0.15) is 0 Å². The molecule has 0 aliphatic heterocycles. The van der Waals surface area contributed by atoms with Crippen molar-refractivity contribution < 1.29 is 4.79 Å². The minimum atomic E-state index is 0. The lowest BCUT2D eigenvalue weighted by Crippen LogP contribution is -2.38. The number of halogens is 1. The smallest absolute Gasteiger partial charge is 0.253 e. The molecule has 0 aromatic heterocycles. The molecule has 2 N–H and O–H groups in total. The summed E-state index contributed by atoms with van der Waals surface area (Å²) in [6.07, 6.45) is 0.811. The van der Waals surface area contributed by atoms with Crippen molar-refractivity contribution >= 4 is 35.8 Å². The molecule has 0 saturated carbocycles. The van der Waals surface area contributed by atoms with Gasteiger partial charge in [0.05, 0.1) is 0 Å². The van der Waals surface area contributed by atoms with Crippen LogP contribution in [0.2, 0.25) is 0 Å². The number of aliphatic imine (C=N–C) groups is 1. The third kappa shape index (κ3) is 8.78. The highest BCUT2D eigenvalue weighted by Gasteiger charge is 2.10. The van der Waals surface area contributed by atoms with Crippen molar-refractivity contribution in [1.29, 1.82) is 0 Å². The number of nitrogens with zero attached hydrogens (tertiary/aromatic N) is 3. The van der Waals surface area contributed by atoms with E-state index in [0.717, 1.165) is 31.0 Å². The Bertz CT molecular complexity index is 882. The van der Waals surface area contributed by atoms with Crippen molar-refractivity contribution in [2.24, 2.45) is 4.99 Å². The second-order valence-electron chi connectivity index (χ2n) is 8.28. The van der Waals surface area contributed by atoms with Gasteiger partial charge < -0.3 is 15.5 Å². The first-order valence-corrected chi connectivity index (χ1v) is 10.8. The Labute approximate surface area is 210 Å². The third-order valence-electron chi connectivity index (χ3n) is 5.38. The van der Waals surface area contributed by atoms with Gasteiger partial charge in [0.15, 0.2) is 5.96 Å². The molecule has 32 heavy (non-hydrogen) atoms. The molecule has 2 aromatic carbocycles. The lowest BCUT2D eigenvalue weighted by molar-refractivity contribution is 0.0827. The van der Waals surface area contributed by atoms with E-state index < -0.39 is 0 Å². The van der Waals surface area contributed by atoms with Crippen LogP contribution in [0.15, 0.2) is 53.5 Å². The molecule has 0 fully saturated rings. The summed E-state index contributed by atoms with van der Waals surface area (Å²) < 4.78 is 0. The predicted molar refractivity (Wildman–Crippen MR) is 145 cm³/mol. The third-order valence-corrected chi connectivity index (χ3v) is 5.38. The predicted octanol–water partition coefficient (Wildman–Crippen LogP) is 3.75. The van der Waals surface area contributed by atoms with Gasteiger partial charge in [-0.1, -0.05) is 36.4 Å². The highest BCUT2D eigenvalue weighted by Crippen LogP contribution is 2.12. The average Bonchev–Trinajstić information content (AvgIpc) is 2.76. The van der Waals surface area contributed by atoms with Crippen LogP contribution in [0.5, 0.6) is 0 Å². The Kier molecular flexibility index (Phi) is 12.3. The summed E-state index contributed by atoms with van der Waals surface area (Å²) in [4.78, 5) is 20.4. The van der Waals surface area contributed by atoms with Crippen LogP contribution < -0.4 is 10.6 Å². The van der Waals surface area contributed by atoms with Gasteiger partial charge in [0.25, 0.3) is 5.91 Å². The van der Waals surface area contributed by atoms with E-state index in [1.807, 2.05) is 24.3 Å². The molecule has 0 unspecified atom stereocenters. The van der Waals surface area contributed by atoms with Crippen LogP contribution in [0.1, 0.15) is 40.9 Å². The summed E-state index contributed by atoms with van der Waals surface area (Å²) in [5.41, 5.74) is 4.43. The first-order valence-electron chi connectivity index (χ1n) is 10.8. The maximum absolute atomic E-state index is 12.2. The molecule has 1 amide bonds. The Hall–Kier alpha value is -2.13. The van der Waals surface area contributed by atoms with Crippen LogP contribution in [0, 0.1) is 0 Å². The first kappa shape index (κ1) is 27.9. The molecule has 0 aliphatic rings. The molecular formula is C25H38IN5O. The van der Waals surface area contributed by atoms with Crippen molar-refractivity contribution in [1.82, 2.24) is 20.4 Å². The largest absolute Gasteiger partial charge is 0.356 e. The van der Waals surface area contributed by atoms with Crippen LogP contribution >= 0.6 is 24.0 Å². The monoisotopic (exact) mass is 551 g/mol. The molecule has 0 saturated heterocycles. The van der Waals surface area contributed by atoms with Gasteiger partial charge in [-0.3, -0.25) is 14.7 Å². The summed E-state index contributed by atoms with van der Waals surface area (Å²) in [7, 11) is 7.47. The molecule has 0 bridgehead atoms. The van der Waals surface area contributed by atoms with Crippen molar-refractivity contribution in [2.75, 3.05) is 34.7 Å². The minimum absolute atomic E-state index is 0. The molecule has 0 aliphatic carbocycles. The minimum Gasteiger partial charge on any atom is -0.356 e. The lowest BCUT2D eigenvalue weighted by Gasteiger charge is -2.23. The zero-order valence-corrected chi connectivity index (χ0v) is 22.5. The normalized spacial score (nSPS) is 11.3. The molecule has 0 heterocycles. The second kappa shape index (κ2) is 14.1. The Morgan fingerprint density at radius 2 is 1.69 bits per heavy atom. The van der Waals surface area contributed by atoms with E-state index in [2.05, 4.69) is 65.7 Å². The maximum atomic E-state index is 12.2. The Morgan fingerprint density at radius 1 is 1.00 bits per heavy atom. The van der Waals surface area contributed by atoms with Crippen LogP contribution in [-0.4, -0.2) is 62.4 Å². The quantitative estimate of drug-likeness (QED) is 0.283. The number of guanidine groups is 1. The van der Waals surface area contributed by atoms with Gasteiger partial charge in [0.2, 0.25) is 0 Å². The first-order chi connectivity index (χ1) is 14.8. The number of hydrogen-bond acceptors (Lipinski definition) is 3. The van der Waals surface area contributed by atoms with Gasteiger partial charge in [-0.05, 0) is 56.1 Å². The van der Waals surface area contributed by atoms with E-state index in [4.69, 9.17) is 0 Å². The molecule has 6 nitrogen and oxygen atoms in total. The number of carbonyl (C=O) groups is 1. The van der Waals surface area contributed by atoms with Crippen molar-refractivity contribution in [3.8, 4) is 0 Å². The molecule has 2 aromatic rings. The molecule has 7 heteroatoms. The van der Waals surface area contributed by atoms with Gasteiger partial charge in [0, 0.05) is 52.4 Å². The maximum Gasteiger partial charge on any atom is 0.253 e. The lowest BCUT2D eigenvalue weighted by atomic mass is 10.1. The second-order valence-corrected chi connectivity index (χ2v) is 8.28. The van der Waals surface area contributed by atoms with Gasteiger partial charge in [-0.25, -0.2) is 0 Å². The van der Waals surface area contributed by atoms with E-state index in [0.29, 0.717) is 18.2 Å². The van der Waals surface area contributed by atoms with Crippen molar-refractivity contribution in [3.05, 3.63) is 70.8 Å². The van der Waals surface area contributed by atoms with E-state index in [1.165, 1.54) is 11.1 Å². The summed E-state index contributed by atoms with van der Waals surface area (Å²) in [6, 6.07) is 16.8. The molecule has 2 rings (SSSR count). The van der Waals surface area contributed by atoms with Crippen LogP contribution in [-0.2, 0) is 19.5 Å². The summed E-state index contributed by atoms with van der Waals surface area (Å²) in [5, 5.41) is 6.79. The number of nitrogens with one attached hydrogen (secondary N) is 2. The number of carbonyl (C=O) groups excluding carboxylic acids is 1. The zero-order valence-electron chi connectivity index (χ0n) is 20.2. The van der Waals surface area contributed by atoms with E-state index in [1.54, 1.807) is 26.0 Å². The molecule has 176 valence electrons. The van der Waals surface area contributed by atoms with Gasteiger partial charge >= 0.3 is 0 Å². The number of hydrogen-bond donors (Lipinski definition) is 2. The topological polar surface area (TPSA) is 60.0 Å². The summed E-state index contributed by atoms with van der Waals surface area (Å²) in [5.74, 6) is 0.793. The standard InChI is InChI=1S/C25H37N5O.HI/c1-19(2)30(6)18-23-12-8-7-11-22(23)17-28-25(26-3)27-15-14-20-10-9-13-21(16-20)24(31)29(4)5;/h7-13,16,19H,14-15,17-18H2,1-6H3,(H2,26,27,28);1H. The fraction of sp³-hybridized carbons (Fsp3) is 0.440. The zero-order chi connectivity index (χ0) is 22.8. The van der Waals surface area contributed by atoms with Crippen molar-refractivity contribution in [3.63, 3.8) is 0 Å². The summed E-state index contributed by atoms with van der Waals surface area (Å²) >= 11 is 0. The fourth-order valence-corrected chi connectivity index (χ4v) is 3.18. The highest BCUT2D eigenvalue weighted by molar-refractivity contribution is 14.0. The van der Waals surface area contributed by atoms with Gasteiger partial charge in [0.1, 0.15) is 0 Å². The average molecular weight is 552 g/mol. The molecule has 0 atom stereocenters. The number of rotatable bonds is 9. The Morgan fingerprint density at radius 3 is 2.31 bits per heavy atom. The number of amides is 1. The van der Waals surface area contributed by atoms with E-state index in [-0.39, 0.29) is 29.9 Å². The summed E-state index contributed by atoms with van der Waals surface area (Å²) in [6.45, 7) is 6.78. The fourth-order valence-electron chi connectivity index (χ4n) is 3.18. The number of benzene rings is 2. The highest BCUT2D eigenvalue weighted by atomic mass is 127. The van der Waals surface area contributed by atoms with Crippen LogP contribution in [0.4, 0.5) is 0 Å². The SMILES string of the molecule is CN=C(NCCc1cccc(C(=O)N(C)C)c1)NCc1ccccc1CN(C)C(C)C.I. The molecular weight excluding hydrogens is 513 g/mol.